The fourth-order valence-corrected chi connectivity index (χ4v) is 16.7. The van der Waals surface area contributed by atoms with Crippen LogP contribution in [0.5, 0.6) is 0 Å². The summed E-state index contributed by atoms with van der Waals surface area (Å²) < 4.78 is 0. The van der Waals surface area contributed by atoms with Crippen LogP contribution in [0.2, 0.25) is 51.4 Å². The van der Waals surface area contributed by atoms with E-state index in [-0.39, 0.29) is 0 Å². The standard InChI is InChI=1S/C48H64Si3/c1-9-11-13-15-31-51(32-16-14-12-10-2,43-33-39-19-17-21-45(47(39)35-43)37-23-27-41(28-24-37)49(3,4)5)44-34-40-20-18-22-46(48(40)36-44)38-25-29-42(30-26-38)50(6,7)8/h17-30,35-36H,9-16,31-34H2,1-8H3. The molecule has 268 valence electrons. The van der Waals surface area contributed by atoms with E-state index < -0.39 is 24.2 Å². The van der Waals surface area contributed by atoms with E-state index in [9.17, 15) is 0 Å². The first-order chi connectivity index (χ1) is 24.4. The Kier molecular flexibility index (Phi) is 11.8. The number of allylic oxidation sites excluding steroid dienone is 2. The van der Waals surface area contributed by atoms with Crippen molar-refractivity contribution in [3.05, 3.63) is 118 Å². The van der Waals surface area contributed by atoms with Gasteiger partial charge >= 0.3 is 0 Å². The molecule has 0 radical (unpaired) electrons. The maximum atomic E-state index is 2.74. The van der Waals surface area contributed by atoms with Crippen molar-refractivity contribution in [3.63, 3.8) is 0 Å². The molecule has 51 heavy (non-hydrogen) atoms. The van der Waals surface area contributed by atoms with E-state index in [1.54, 1.807) is 21.5 Å². The van der Waals surface area contributed by atoms with Gasteiger partial charge in [0.15, 0.2) is 0 Å². The second kappa shape index (κ2) is 15.9. The van der Waals surface area contributed by atoms with Crippen LogP contribution in [0.15, 0.2) is 95.3 Å². The van der Waals surface area contributed by atoms with E-state index in [0.29, 0.717) is 0 Å². The van der Waals surface area contributed by atoms with Gasteiger partial charge in [-0.05, 0) is 69.4 Å². The lowest BCUT2D eigenvalue weighted by Gasteiger charge is -2.36. The summed E-state index contributed by atoms with van der Waals surface area (Å²) in [5, 5.41) is 6.72. The molecule has 0 heterocycles. The van der Waals surface area contributed by atoms with Crippen molar-refractivity contribution in [2.45, 2.75) is 129 Å². The minimum Gasteiger partial charge on any atom is -0.0709 e. The summed E-state index contributed by atoms with van der Waals surface area (Å²) in [6, 6.07) is 36.4. The SMILES string of the molecule is CCCCCC[Si](CCCCCC)(C1=Cc2c(cccc2-c2ccc([Si](C)(C)C)cc2)C1)C1=Cc2c(cccc2-c2ccc([Si](C)(C)C)cc2)C1. The maximum absolute atomic E-state index is 2.74. The number of benzene rings is 4. The fourth-order valence-electron chi connectivity index (χ4n) is 8.83. The van der Waals surface area contributed by atoms with Crippen molar-refractivity contribution in [3.8, 4) is 22.3 Å². The lowest BCUT2D eigenvalue weighted by molar-refractivity contribution is 0.681. The fraction of sp³-hybridized carbons (Fsp3) is 0.417. The van der Waals surface area contributed by atoms with Crippen LogP contribution in [0.1, 0.15) is 87.5 Å². The highest BCUT2D eigenvalue weighted by Gasteiger charge is 2.43. The van der Waals surface area contributed by atoms with Gasteiger partial charge in [0.1, 0.15) is 8.07 Å². The predicted molar refractivity (Wildman–Crippen MR) is 237 cm³/mol. The summed E-state index contributed by atoms with van der Waals surface area (Å²) in [6.07, 6.45) is 18.5. The number of fused-ring (bicyclic) bond motifs is 2. The zero-order valence-corrected chi connectivity index (χ0v) is 36.2. The molecule has 0 atom stereocenters. The first kappa shape index (κ1) is 37.8. The summed E-state index contributed by atoms with van der Waals surface area (Å²) in [4.78, 5) is 0. The summed E-state index contributed by atoms with van der Waals surface area (Å²) >= 11 is 0. The molecule has 0 N–H and O–H groups in total. The molecule has 0 aliphatic heterocycles. The topological polar surface area (TPSA) is 0 Å². The minimum atomic E-state index is -2.01. The van der Waals surface area contributed by atoms with Gasteiger partial charge in [0.2, 0.25) is 0 Å². The van der Waals surface area contributed by atoms with Crippen LogP contribution in [0, 0.1) is 0 Å². The maximum Gasteiger partial charge on any atom is 0.109 e. The van der Waals surface area contributed by atoms with Crippen molar-refractivity contribution in [1.82, 2.24) is 0 Å². The zero-order valence-electron chi connectivity index (χ0n) is 33.2. The van der Waals surface area contributed by atoms with Crippen molar-refractivity contribution >= 4 is 46.7 Å². The van der Waals surface area contributed by atoms with Gasteiger partial charge in [0, 0.05) is 0 Å². The van der Waals surface area contributed by atoms with Crippen molar-refractivity contribution in [2.75, 3.05) is 0 Å². The highest BCUT2D eigenvalue weighted by atomic mass is 28.3. The van der Waals surface area contributed by atoms with Crippen LogP contribution in [-0.4, -0.2) is 24.2 Å². The molecule has 0 fully saturated rings. The van der Waals surface area contributed by atoms with Gasteiger partial charge in [-0.1, -0.05) is 222 Å². The van der Waals surface area contributed by atoms with Gasteiger partial charge in [0.25, 0.3) is 0 Å². The van der Waals surface area contributed by atoms with Crippen molar-refractivity contribution < 1.29 is 0 Å². The molecule has 0 amide bonds. The molecular formula is C48H64Si3. The average molecular weight is 725 g/mol. The van der Waals surface area contributed by atoms with Crippen LogP contribution >= 0.6 is 0 Å². The van der Waals surface area contributed by atoms with Crippen LogP contribution in [-0.2, 0) is 12.8 Å². The van der Waals surface area contributed by atoms with Crippen molar-refractivity contribution in [2.24, 2.45) is 0 Å². The monoisotopic (exact) mass is 724 g/mol. The Balaban J connectivity index is 1.44. The molecule has 4 aromatic rings. The van der Waals surface area contributed by atoms with Gasteiger partial charge in [-0.2, -0.15) is 0 Å². The molecule has 2 aliphatic carbocycles. The number of unbranched alkanes of at least 4 members (excludes halogenated alkanes) is 6. The molecule has 0 saturated heterocycles. The summed E-state index contributed by atoms with van der Waals surface area (Å²) in [5.74, 6) is 0. The third-order valence-electron chi connectivity index (χ3n) is 12.1. The first-order valence-electron chi connectivity index (χ1n) is 20.3. The largest absolute Gasteiger partial charge is 0.109 e. The van der Waals surface area contributed by atoms with E-state index in [1.807, 2.05) is 10.4 Å². The summed E-state index contributed by atoms with van der Waals surface area (Å²) in [7, 11) is -4.69. The predicted octanol–water partition coefficient (Wildman–Crippen LogP) is 13.4. The Morgan fingerprint density at radius 3 is 1.20 bits per heavy atom. The first-order valence-corrected chi connectivity index (χ1v) is 29.7. The summed E-state index contributed by atoms with van der Waals surface area (Å²) in [6.45, 7) is 19.4. The molecule has 0 aromatic heterocycles. The number of rotatable bonds is 16. The van der Waals surface area contributed by atoms with E-state index in [4.69, 9.17) is 0 Å². The number of hydrogen-bond acceptors (Lipinski definition) is 0. The quantitative estimate of drug-likeness (QED) is 0.0797. The smallest absolute Gasteiger partial charge is 0.0709 e. The Morgan fingerprint density at radius 1 is 0.451 bits per heavy atom. The molecule has 2 aliphatic rings. The lowest BCUT2D eigenvalue weighted by Crippen LogP contribution is -2.40. The Morgan fingerprint density at radius 2 is 0.843 bits per heavy atom. The minimum absolute atomic E-state index is 1.14. The highest BCUT2D eigenvalue weighted by Crippen LogP contribution is 2.48. The Bertz CT molecular complexity index is 1720. The van der Waals surface area contributed by atoms with E-state index >= 15 is 0 Å². The molecule has 6 rings (SSSR count). The average Bonchev–Trinajstić information content (AvgIpc) is 3.76. The van der Waals surface area contributed by atoms with Gasteiger partial charge in [0.05, 0.1) is 16.1 Å². The van der Waals surface area contributed by atoms with Gasteiger partial charge in [-0.15, -0.1) is 0 Å². The molecule has 3 heteroatoms. The van der Waals surface area contributed by atoms with E-state index in [2.05, 4.69) is 150 Å². The van der Waals surface area contributed by atoms with Gasteiger partial charge in [-0.3, -0.25) is 0 Å². The lowest BCUT2D eigenvalue weighted by atomic mass is 9.97. The molecule has 4 aromatic carbocycles. The molecule has 0 spiro atoms. The van der Waals surface area contributed by atoms with E-state index in [0.717, 1.165) is 12.8 Å². The summed E-state index contributed by atoms with van der Waals surface area (Å²) in [5.41, 5.74) is 11.7. The Hall–Kier alpha value is -2.99. The molecule has 0 saturated carbocycles. The van der Waals surface area contributed by atoms with Gasteiger partial charge < -0.3 is 0 Å². The van der Waals surface area contributed by atoms with Crippen LogP contribution in [0.3, 0.4) is 0 Å². The van der Waals surface area contributed by atoms with Gasteiger partial charge in [-0.25, -0.2) is 0 Å². The molecule has 0 bridgehead atoms. The highest BCUT2D eigenvalue weighted by molar-refractivity contribution is 6.94. The third-order valence-corrected chi connectivity index (χ3v) is 21.7. The van der Waals surface area contributed by atoms with Crippen molar-refractivity contribution in [1.29, 1.82) is 0 Å². The van der Waals surface area contributed by atoms with E-state index in [1.165, 1.54) is 96.8 Å². The number of hydrogen-bond donors (Lipinski definition) is 0. The molecule has 0 nitrogen and oxygen atoms in total. The zero-order chi connectivity index (χ0) is 36.2. The third kappa shape index (κ3) is 8.32. The second-order valence-electron chi connectivity index (χ2n) is 17.8. The van der Waals surface area contributed by atoms with Crippen LogP contribution in [0.4, 0.5) is 0 Å². The molecular weight excluding hydrogens is 661 g/mol. The molecule has 0 unspecified atom stereocenters. The van der Waals surface area contributed by atoms with Crippen LogP contribution < -0.4 is 10.4 Å². The Labute approximate surface area is 314 Å². The normalized spacial score (nSPS) is 14.4. The van der Waals surface area contributed by atoms with Crippen LogP contribution in [0.25, 0.3) is 34.4 Å². The second-order valence-corrected chi connectivity index (χ2v) is 32.4.